The van der Waals surface area contributed by atoms with E-state index in [0.29, 0.717) is 17.9 Å². The number of amides is 1. The first-order chi connectivity index (χ1) is 10.3. The number of nitrogens with zero attached hydrogens (tertiary/aromatic N) is 3. The van der Waals surface area contributed by atoms with Gasteiger partial charge in [-0.25, -0.2) is 9.78 Å². The molecule has 6 heteroatoms. The van der Waals surface area contributed by atoms with Crippen molar-refractivity contribution in [2.45, 2.75) is 45.7 Å². The van der Waals surface area contributed by atoms with Crippen molar-refractivity contribution in [1.29, 1.82) is 5.26 Å². The Bertz CT molecular complexity index is 571. The Balaban J connectivity index is 2.22. The molecule has 0 radical (unpaired) electrons. The highest BCUT2D eigenvalue weighted by Gasteiger charge is 2.41. The number of rotatable bonds is 2. The summed E-state index contributed by atoms with van der Waals surface area (Å²) in [5.74, 6) is 0.672. The lowest BCUT2D eigenvalue weighted by molar-refractivity contribution is 0.0518. The lowest BCUT2D eigenvalue weighted by Gasteiger charge is -2.47. The first-order valence-corrected chi connectivity index (χ1v) is 7.45. The van der Waals surface area contributed by atoms with E-state index < -0.39 is 6.09 Å². The average molecular weight is 302 g/mol. The monoisotopic (exact) mass is 302 g/mol. The molecule has 2 heterocycles. The van der Waals surface area contributed by atoms with Crippen LogP contribution >= 0.6 is 0 Å². The summed E-state index contributed by atoms with van der Waals surface area (Å²) in [5.41, 5.74) is 0.331. The fourth-order valence-corrected chi connectivity index (χ4v) is 3.17. The summed E-state index contributed by atoms with van der Waals surface area (Å²) in [4.78, 5) is 17.3. The second kappa shape index (κ2) is 6.22. The summed E-state index contributed by atoms with van der Waals surface area (Å²) < 4.78 is 0. The fourth-order valence-electron chi connectivity index (χ4n) is 3.17. The largest absolute Gasteiger partial charge is 0.465 e. The van der Waals surface area contributed by atoms with Crippen molar-refractivity contribution in [3.63, 3.8) is 0 Å². The van der Waals surface area contributed by atoms with Crippen LogP contribution in [-0.4, -0.2) is 39.7 Å². The number of carboxylic acid groups (broad SMARTS) is 1. The topological polar surface area (TPSA) is 89.3 Å². The summed E-state index contributed by atoms with van der Waals surface area (Å²) in [6, 6.07) is 5.38. The normalized spacial score (nSPS) is 22.0. The summed E-state index contributed by atoms with van der Waals surface area (Å²) in [6.45, 7) is 6.73. The zero-order valence-corrected chi connectivity index (χ0v) is 13.2. The molecule has 0 aliphatic carbocycles. The van der Waals surface area contributed by atoms with E-state index in [0.717, 1.165) is 12.8 Å². The summed E-state index contributed by atoms with van der Waals surface area (Å²) in [6.07, 6.45) is 2.37. The zero-order valence-electron chi connectivity index (χ0n) is 13.2. The van der Waals surface area contributed by atoms with Crippen LogP contribution in [0.3, 0.4) is 0 Å². The molecule has 2 unspecified atom stereocenters. The van der Waals surface area contributed by atoms with E-state index in [2.05, 4.69) is 31.1 Å². The van der Waals surface area contributed by atoms with E-state index in [-0.39, 0.29) is 17.5 Å². The van der Waals surface area contributed by atoms with Crippen LogP contribution in [0.4, 0.5) is 10.6 Å². The first kappa shape index (κ1) is 16.1. The number of piperidine rings is 1. The predicted octanol–water partition coefficient (Wildman–Crippen LogP) is 2.92. The van der Waals surface area contributed by atoms with E-state index >= 15 is 0 Å². The lowest BCUT2D eigenvalue weighted by atomic mass is 9.77. The number of nitrogens with one attached hydrogen (secondary N) is 1. The van der Waals surface area contributed by atoms with Gasteiger partial charge in [0.1, 0.15) is 11.9 Å². The van der Waals surface area contributed by atoms with Gasteiger partial charge in [0.05, 0.1) is 11.6 Å². The van der Waals surface area contributed by atoms with Crippen LogP contribution in [0.5, 0.6) is 0 Å². The van der Waals surface area contributed by atoms with E-state index in [9.17, 15) is 9.90 Å². The Morgan fingerprint density at radius 1 is 1.50 bits per heavy atom. The second-order valence-corrected chi connectivity index (χ2v) is 6.72. The molecule has 118 valence electrons. The molecule has 1 aliphatic rings. The van der Waals surface area contributed by atoms with E-state index in [1.807, 2.05) is 6.07 Å². The van der Waals surface area contributed by atoms with Crippen molar-refractivity contribution < 1.29 is 9.90 Å². The molecule has 1 aliphatic heterocycles. The van der Waals surface area contributed by atoms with Gasteiger partial charge in [0.2, 0.25) is 0 Å². The van der Waals surface area contributed by atoms with Gasteiger partial charge in [0.25, 0.3) is 0 Å². The highest BCUT2D eigenvalue weighted by molar-refractivity contribution is 5.66. The maximum atomic E-state index is 11.5. The van der Waals surface area contributed by atoms with Crippen LogP contribution in [0.2, 0.25) is 0 Å². The Morgan fingerprint density at radius 3 is 2.73 bits per heavy atom. The van der Waals surface area contributed by atoms with Crippen LogP contribution < -0.4 is 5.32 Å². The van der Waals surface area contributed by atoms with Crippen molar-refractivity contribution in [3.05, 3.63) is 23.9 Å². The third-order valence-corrected chi connectivity index (χ3v) is 3.99. The van der Waals surface area contributed by atoms with Crippen LogP contribution in [0.25, 0.3) is 0 Å². The molecule has 0 aromatic carbocycles. The molecule has 0 saturated carbocycles. The first-order valence-electron chi connectivity index (χ1n) is 7.45. The Morgan fingerprint density at radius 2 is 2.23 bits per heavy atom. The van der Waals surface area contributed by atoms with Crippen molar-refractivity contribution >= 4 is 11.9 Å². The molecule has 6 nitrogen and oxygen atoms in total. The molecule has 1 aromatic heterocycles. The number of nitriles is 1. The van der Waals surface area contributed by atoms with E-state index in [1.165, 1.54) is 11.1 Å². The smallest absolute Gasteiger partial charge is 0.407 e. The van der Waals surface area contributed by atoms with Gasteiger partial charge in [-0.05, 0) is 30.4 Å². The van der Waals surface area contributed by atoms with Gasteiger partial charge in [-0.2, -0.15) is 5.26 Å². The summed E-state index contributed by atoms with van der Waals surface area (Å²) >= 11 is 0. The van der Waals surface area contributed by atoms with Crippen molar-refractivity contribution in [1.82, 2.24) is 9.88 Å². The summed E-state index contributed by atoms with van der Waals surface area (Å²) in [5, 5.41) is 21.6. The molecule has 1 aromatic rings. The van der Waals surface area contributed by atoms with Gasteiger partial charge in [0, 0.05) is 18.8 Å². The molecular formula is C16H22N4O2. The van der Waals surface area contributed by atoms with Crippen LogP contribution in [-0.2, 0) is 0 Å². The zero-order chi connectivity index (χ0) is 16.3. The number of pyridine rings is 1. The van der Waals surface area contributed by atoms with Gasteiger partial charge < -0.3 is 15.3 Å². The number of hydrogen-bond acceptors (Lipinski definition) is 4. The molecule has 0 spiro atoms. The van der Waals surface area contributed by atoms with Crippen molar-refractivity contribution in [2.75, 3.05) is 11.9 Å². The van der Waals surface area contributed by atoms with Crippen LogP contribution in [0.15, 0.2) is 18.3 Å². The number of anilines is 1. The van der Waals surface area contributed by atoms with Gasteiger partial charge in [-0.1, -0.05) is 20.8 Å². The molecular weight excluding hydrogens is 280 g/mol. The molecule has 2 atom stereocenters. The van der Waals surface area contributed by atoms with E-state index in [4.69, 9.17) is 5.26 Å². The number of hydrogen-bond donors (Lipinski definition) is 2. The quantitative estimate of drug-likeness (QED) is 0.876. The van der Waals surface area contributed by atoms with Gasteiger partial charge in [-0.15, -0.1) is 0 Å². The highest BCUT2D eigenvalue weighted by atomic mass is 16.4. The third kappa shape index (κ3) is 3.48. The van der Waals surface area contributed by atoms with Gasteiger partial charge in [0.15, 0.2) is 0 Å². The van der Waals surface area contributed by atoms with Crippen molar-refractivity contribution in [2.24, 2.45) is 5.41 Å². The minimum absolute atomic E-state index is 0.00489. The van der Waals surface area contributed by atoms with Gasteiger partial charge in [-0.3, -0.25) is 0 Å². The molecule has 1 saturated heterocycles. The lowest BCUT2D eigenvalue weighted by Crippen LogP contribution is -2.58. The predicted molar refractivity (Wildman–Crippen MR) is 83.6 cm³/mol. The Kier molecular flexibility index (Phi) is 4.55. The molecule has 1 amide bonds. The maximum absolute atomic E-state index is 11.5. The summed E-state index contributed by atoms with van der Waals surface area (Å²) in [7, 11) is 0. The second-order valence-electron chi connectivity index (χ2n) is 6.72. The number of aromatic nitrogens is 1. The van der Waals surface area contributed by atoms with Gasteiger partial charge >= 0.3 is 6.09 Å². The Hall–Kier alpha value is -2.29. The molecule has 0 bridgehead atoms. The third-order valence-electron chi connectivity index (χ3n) is 3.99. The number of carbonyl (C=O) groups is 1. The van der Waals surface area contributed by atoms with Crippen LogP contribution in [0.1, 0.15) is 39.2 Å². The minimum atomic E-state index is -0.876. The molecule has 2 N–H and O–H groups in total. The minimum Gasteiger partial charge on any atom is -0.465 e. The maximum Gasteiger partial charge on any atom is 0.407 e. The molecule has 22 heavy (non-hydrogen) atoms. The molecule has 2 rings (SSSR count). The highest BCUT2D eigenvalue weighted by Crippen LogP contribution is 2.33. The molecule has 1 fully saturated rings. The van der Waals surface area contributed by atoms with E-state index in [1.54, 1.807) is 12.1 Å². The standard InChI is InChI=1S/C16H22N4O2/c1-16(2,3)14-12(5-4-8-20(14)15(21)22)19-13-7-6-11(9-17)10-18-13/h6-7,10,12,14H,4-5,8H2,1-3H3,(H,18,19)(H,21,22). The van der Waals surface area contributed by atoms with Crippen LogP contribution in [0, 0.1) is 16.7 Å². The Labute approximate surface area is 130 Å². The fraction of sp³-hybridized carbons (Fsp3) is 0.562. The van der Waals surface area contributed by atoms with Crippen molar-refractivity contribution in [3.8, 4) is 6.07 Å². The number of likely N-dealkylation sites (tertiary alicyclic amines) is 1. The SMILES string of the molecule is CC(C)(C)C1C(Nc2ccc(C#N)cn2)CCCN1C(=O)O. The average Bonchev–Trinajstić information content (AvgIpc) is 2.46.